The van der Waals surface area contributed by atoms with E-state index in [1.807, 2.05) is 31.2 Å². The molecule has 0 heterocycles. The molecular weight excluding hydrogens is 501 g/mol. The fourth-order valence-corrected chi connectivity index (χ4v) is 20.9. The highest BCUT2D eigenvalue weighted by Crippen LogP contribution is 2.53. The topological polar surface area (TPSA) is 0 Å². The first kappa shape index (κ1) is 31.3. The van der Waals surface area contributed by atoms with Crippen LogP contribution in [0, 0.1) is 0 Å². The Morgan fingerprint density at radius 3 is 0.943 bits per heavy atom. The van der Waals surface area contributed by atoms with E-state index in [2.05, 4.69) is 132 Å². The lowest BCUT2D eigenvalue weighted by Gasteiger charge is -2.40. The van der Waals surface area contributed by atoms with Crippen LogP contribution in [0.25, 0.3) is 0 Å². The first-order chi connectivity index (χ1) is 15.2. The van der Waals surface area contributed by atoms with Crippen molar-refractivity contribution in [3.05, 3.63) is 43.3 Å². The van der Waals surface area contributed by atoms with Crippen molar-refractivity contribution < 1.29 is 0 Å². The summed E-state index contributed by atoms with van der Waals surface area (Å²) in [5, 5.41) is 12.0. The molecule has 0 amide bonds. The molecule has 0 atom stereocenters. The molecule has 0 nitrogen and oxygen atoms in total. The molecule has 2 rings (SSSR count). The first-order valence-electron chi connectivity index (χ1n) is 14.1. The average Bonchev–Trinajstić information content (AvgIpc) is 3.25. The molecule has 0 unspecified atom stereocenters. The van der Waals surface area contributed by atoms with E-state index in [4.69, 9.17) is 0 Å². The van der Waals surface area contributed by atoms with Crippen LogP contribution >= 0.6 is 0 Å². The quantitative estimate of drug-likeness (QED) is 0.283. The van der Waals surface area contributed by atoms with E-state index in [-0.39, 0.29) is 0 Å². The van der Waals surface area contributed by atoms with E-state index in [9.17, 15) is 0 Å². The number of rotatable bonds is 6. The molecule has 0 fully saturated rings. The Kier molecular flexibility index (Phi) is 8.10. The molecule has 0 bridgehead atoms. The van der Waals surface area contributed by atoms with E-state index in [1.165, 1.54) is 12.8 Å². The SMILES string of the molecule is CC(C)(C)[Si](C)(C)C1=CC([Si](C)(C)C)=C([Si](C)(C)C2=C([Si](C)(C)C)C=C([Si](C)(C)C(C)(C)C)C2)C1. The van der Waals surface area contributed by atoms with Crippen LogP contribution in [0.1, 0.15) is 54.4 Å². The standard InChI is InChI=1S/C30H60Si5/c1-29(2,3)34(15,16)23-19-25(31(7,8)9)27(21-23)33(13,14)28-22-24(20-26(28)32(10,11)12)35(17,18)30(4,5)6/h19-20H,21-22H2,1-18H3. The maximum absolute atomic E-state index is 2.78. The third-order valence-corrected chi connectivity index (χ3v) is 30.4. The Morgan fingerprint density at radius 1 is 0.486 bits per heavy atom. The van der Waals surface area contributed by atoms with Crippen LogP contribution in [0.3, 0.4) is 0 Å². The van der Waals surface area contributed by atoms with Gasteiger partial charge in [-0.1, -0.05) is 163 Å². The lowest BCUT2D eigenvalue weighted by atomic mass is 10.2. The van der Waals surface area contributed by atoms with Gasteiger partial charge in [-0.2, -0.15) is 0 Å². The van der Waals surface area contributed by atoms with Crippen LogP contribution in [-0.2, 0) is 0 Å². The molecule has 0 spiro atoms. The highest BCUT2D eigenvalue weighted by molar-refractivity contribution is 6.98. The van der Waals surface area contributed by atoms with Gasteiger partial charge in [-0.25, -0.2) is 0 Å². The molecule has 0 aliphatic heterocycles. The van der Waals surface area contributed by atoms with Gasteiger partial charge in [0.25, 0.3) is 0 Å². The van der Waals surface area contributed by atoms with Crippen LogP contribution < -0.4 is 0 Å². The van der Waals surface area contributed by atoms with E-state index >= 15 is 0 Å². The van der Waals surface area contributed by atoms with Gasteiger partial charge in [0.05, 0.1) is 32.3 Å². The van der Waals surface area contributed by atoms with Gasteiger partial charge in [0.15, 0.2) is 0 Å². The van der Waals surface area contributed by atoms with Crippen molar-refractivity contribution in [1.82, 2.24) is 0 Å². The van der Waals surface area contributed by atoms with Gasteiger partial charge in [-0.3, -0.25) is 0 Å². The molecule has 0 saturated carbocycles. The molecule has 2 aliphatic rings. The Balaban J connectivity index is 2.69. The van der Waals surface area contributed by atoms with Crippen LogP contribution in [0.4, 0.5) is 0 Å². The van der Waals surface area contributed by atoms with Gasteiger partial charge in [0.2, 0.25) is 0 Å². The second-order valence-electron chi connectivity index (χ2n) is 17.4. The molecule has 0 saturated heterocycles. The second kappa shape index (κ2) is 9.06. The van der Waals surface area contributed by atoms with Crippen LogP contribution in [0.5, 0.6) is 0 Å². The zero-order valence-electron chi connectivity index (χ0n) is 27.1. The summed E-state index contributed by atoms with van der Waals surface area (Å²) in [6.07, 6.45) is 8.12. The summed E-state index contributed by atoms with van der Waals surface area (Å²) >= 11 is 0. The molecule has 35 heavy (non-hydrogen) atoms. The molecule has 0 N–H and O–H groups in total. The minimum atomic E-state index is -1.77. The van der Waals surface area contributed by atoms with Crippen LogP contribution in [-0.4, -0.2) is 40.4 Å². The number of allylic oxidation sites excluding steroid dienone is 8. The monoisotopic (exact) mass is 560 g/mol. The van der Waals surface area contributed by atoms with E-state index in [0.29, 0.717) is 10.1 Å². The average molecular weight is 561 g/mol. The Morgan fingerprint density at radius 2 is 0.743 bits per heavy atom. The summed E-state index contributed by atoms with van der Waals surface area (Å²) in [6.45, 7) is 46.6. The molecule has 5 heteroatoms. The zero-order chi connectivity index (χ0) is 27.8. The highest BCUT2D eigenvalue weighted by atomic mass is 28.3. The smallest absolute Gasteiger partial charge is 0.0768 e. The van der Waals surface area contributed by atoms with Gasteiger partial charge in [-0.15, -0.1) is 0 Å². The summed E-state index contributed by atoms with van der Waals surface area (Å²) in [5.74, 6) is 0. The maximum atomic E-state index is 2.78. The van der Waals surface area contributed by atoms with Gasteiger partial charge in [-0.05, 0) is 22.9 Å². The lowest BCUT2D eigenvalue weighted by molar-refractivity contribution is 0.723. The van der Waals surface area contributed by atoms with E-state index < -0.39 is 40.4 Å². The zero-order valence-corrected chi connectivity index (χ0v) is 32.1. The number of hydrogen-bond donors (Lipinski definition) is 0. The molecule has 0 radical (unpaired) electrons. The predicted octanol–water partition coefficient (Wildman–Crippen LogP) is 10.9. The summed E-state index contributed by atoms with van der Waals surface area (Å²) in [5.41, 5.74) is 0. The summed E-state index contributed by atoms with van der Waals surface area (Å²) < 4.78 is 0. The summed E-state index contributed by atoms with van der Waals surface area (Å²) in [4.78, 5) is 0. The Hall–Kier alpha value is 0.0444. The lowest BCUT2D eigenvalue weighted by Crippen LogP contribution is -2.42. The normalized spacial score (nSPS) is 19.6. The minimum absolute atomic E-state index is 0.400. The predicted molar refractivity (Wildman–Crippen MR) is 178 cm³/mol. The molecule has 2 aliphatic carbocycles. The summed E-state index contributed by atoms with van der Waals surface area (Å²) in [7, 11) is -7.70. The van der Waals surface area contributed by atoms with Gasteiger partial charge < -0.3 is 0 Å². The molecular formula is C30H60Si5. The second-order valence-corrected chi connectivity index (χ2v) is 42.7. The van der Waals surface area contributed by atoms with Gasteiger partial charge in [0.1, 0.15) is 8.07 Å². The molecule has 0 aromatic carbocycles. The Labute approximate surface area is 225 Å². The van der Waals surface area contributed by atoms with Crippen molar-refractivity contribution in [3.8, 4) is 0 Å². The largest absolute Gasteiger partial charge is 0.103 e. The maximum Gasteiger partial charge on any atom is 0.103 e. The third-order valence-electron chi connectivity index (χ3n) is 10.5. The van der Waals surface area contributed by atoms with Crippen LogP contribution in [0.2, 0.25) is 88.6 Å². The number of hydrogen-bond acceptors (Lipinski definition) is 0. The van der Waals surface area contributed by atoms with E-state index in [0.717, 1.165) is 0 Å². The highest BCUT2D eigenvalue weighted by Gasteiger charge is 2.49. The fourth-order valence-electron chi connectivity index (χ4n) is 5.60. The third kappa shape index (κ3) is 5.74. The fraction of sp³-hybridized carbons (Fsp3) is 0.733. The van der Waals surface area contributed by atoms with Crippen molar-refractivity contribution in [2.45, 2.75) is 143 Å². The first-order valence-corrected chi connectivity index (χ1v) is 30.1. The van der Waals surface area contributed by atoms with Crippen molar-refractivity contribution in [2.75, 3.05) is 0 Å². The van der Waals surface area contributed by atoms with Crippen LogP contribution in [0.15, 0.2) is 43.3 Å². The van der Waals surface area contributed by atoms with Gasteiger partial charge >= 0.3 is 0 Å². The summed E-state index contributed by atoms with van der Waals surface area (Å²) in [6, 6.07) is 0. The van der Waals surface area contributed by atoms with E-state index in [1.54, 1.807) is 0 Å². The Bertz CT molecular complexity index is 905. The van der Waals surface area contributed by atoms with Crippen molar-refractivity contribution >= 4 is 40.4 Å². The van der Waals surface area contributed by atoms with Crippen molar-refractivity contribution in [1.29, 1.82) is 0 Å². The van der Waals surface area contributed by atoms with Crippen molar-refractivity contribution in [2.24, 2.45) is 0 Å². The molecule has 0 aromatic heterocycles. The van der Waals surface area contributed by atoms with Crippen molar-refractivity contribution in [3.63, 3.8) is 0 Å². The van der Waals surface area contributed by atoms with Gasteiger partial charge in [0, 0.05) is 0 Å². The molecule has 0 aromatic rings. The molecule has 200 valence electrons. The minimum Gasteiger partial charge on any atom is -0.0768 e.